The molecule has 1 aromatic carbocycles. The first-order chi connectivity index (χ1) is 10.6. The molecule has 0 aliphatic rings. The minimum atomic E-state index is -0.444. The molecule has 1 aromatic heterocycles. The van der Waals surface area contributed by atoms with Gasteiger partial charge in [-0.3, -0.25) is 0 Å². The van der Waals surface area contributed by atoms with Gasteiger partial charge in [-0.2, -0.15) is 5.10 Å². The van der Waals surface area contributed by atoms with E-state index in [-0.39, 0.29) is 0 Å². The second kappa shape index (κ2) is 6.98. The number of aromatic nitrogens is 2. The summed E-state index contributed by atoms with van der Waals surface area (Å²) in [4.78, 5) is 11.7. The molecule has 1 heterocycles. The summed E-state index contributed by atoms with van der Waals surface area (Å²) in [6, 6.07) is 7.00. The van der Waals surface area contributed by atoms with Gasteiger partial charge in [0.1, 0.15) is 17.1 Å². The van der Waals surface area contributed by atoms with Gasteiger partial charge in [0, 0.05) is 12.1 Å². The largest absolute Gasteiger partial charge is 0.496 e. The molecule has 0 aliphatic carbocycles. The molecule has 2 N–H and O–H groups in total. The number of ether oxygens (including phenoxy) is 2. The minimum absolute atomic E-state index is 0.366. The summed E-state index contributed by atoms with van der Waals surface area (Å²) < 4.78 is 11.6. The lowest BCUT2D eigenvalue weighted by Crippen LogP contribution is -2.07. The number of aryl methyl sites for hydroxylation is 1. The molecule has 118 valence electrons. The predicted molar refractivity (Wildman–Crippen MR) is 84.5 cm³/mol. The number of nitrogen functional groups attached to an aromatic ring is 1. The number of nitrogens with two attached hydrogens (primary N) is 1. The number of esters is 1. The first-order valence-electron chi connectivity index (χ1n) is 7.21. The fourth-order valence-electron chi connectivity index (χ4n) is 2.22. The summed E-state index contributed by atoms with van der Waals surface area (Å²) in [5.41, 5.74) is 8.09. The Morgan fingerprint density at radius 3 is 2.73 bits per heavy atom. The van der Waals surface area contributed by atoms with Crippen LogP contribution in [0.25, 0.3) is 5.69 Å². The SMILES string of the molecule is CCCCc1cc(N)n(-c2ccc(C(=O)OC)c(OC)c2)n1. The minimum Gasteiger partial charge on any atom is -0.496 e. The van der Waals surface area contributed by atoms with E-state index in [0.717, 1.165) is 30.6 Å². The monoisotopic (exact) mass is 303 g/mol. The van der Waals surface area contributed by atoms with Gasteiger partial charge in [0.2, 0.25) is 0 Å². The lowest BCUT2D eigenvalue weighted by molar-refractivity contribution is 0.0597. The van der Waals surface area contributed by atoms with Gasteiger partial charge in [-0.25, -0.2) is 9.48 Å². The molecule has 0 amide bonds. The number of methoxy groups -OCH3 is 2. The van der Waals surface area contributed by atoms with Crippen molar-refractivity contribution in [2.45, 2.75) is 26.2 Å². The van der Waals surface area contributed by atoms with Crippen LogP contribution in [0, 0.1) is 0 Å². The van der Waals surface area contributed by atoms with E-state index in [0.29, 0.717) is 17.1 Å². The maximum atomic E-state index is 11.7. The Bertz CT molecular complexity index is 665. The number of rotatable bonds is 6. The van der Waals surface area contributed by atoms with E-state index in [1.807, 2.05) is 6.07 Å². The molecule has 0 spiro atoms. The Kier molecular flexibility index (Phi) is 5.04. The number of hydrogen-bond donors (Lipinski definition) is 1. The third-order valence-corrected chi connectivity index (χ3v) is 3.41. The second-order valence-corrected chi connectivity index (χ2v) is 4.95. The zero-order valence-electron chi connectivity index (χ0n) is 13.1. The summed E-state index contributed by atoms with van der Waals surface area (Å²) in [6.07, 6.45) is 3.07. The predicted octanol–water partition coefficient (Wildman–Crippen LogP) is 2.59. The van der Waals surface area contributed by atoms with E-state index in [1.165, 1.54) is 14.2 Å². The van der Waals surface area contributed by atoms with Crippen LogP contribution < -0.4 is 10.5 Å². The van der Waals surface area contributed by atoms with Gasteiger partial charge >= 0.3 is 5.97 Å². The number of carbonyl (C=O) groups excluding carboxylic acids is 1. The van der Waals surface area contributed by atoms with E-state index in [1.54, 1.807) is 22.9 Å². The fourth-order valence-corrected chi connectivity index (χ4v) is 2.22. The molecule has 2 rings (SSSR count). The van der Waals surface area contributed by atoms with Crippen molar-refractivity contribution in [2.24, 2.45) is 0 Å². The highest BCUT2D eigenvalue weighted by Crippen LogP contribution is 2.25. The summed E-state index contributed by atoms with van der Waals surface area (Å²) >= 11 is 0. The van der Waals surface area contributed by atoms with Gasteiger partial charge in [0.25, 0.3) is 0 Å². The normalized spacial score (nSPS) is 10.5. The Morgan fingerprint density at radius 2 is 2.09 bits per heavy atom. The quantitative estimate of drug-likeness (QED) is 0.830. The Morgan fingerprint density at radius 1 is 1.32 bits per heavy atom. The first-order valence-corrected chi connectivity index (χ1v) is 7.21. The Hall–Kier alpha value is -2.50. The van der Waals surface area contributed by atoms with Crippen LogP contribution in [-0.2, 0) is 11.2 Å². The molecule has 0 aliphatic heterocycles. The van der Waals surface area contributed by atoms with E-state index >= 15 is 0 Å². The number of hydrogen-bond acceptors (Lipinski definition) is 5. The third kappa shape index (κ3) is 3.21. The van der Waals surface area contributed by atoms with Crippen LogP contribution >= 0.6 is 0 Å². The highest BCUT2D eigenvalue weighted by Gasteiger charge is 2.15. The van der Waals surface area contributed by atoms with Gasteiger partial charge in [-0.1, -0.05) is 13.3 Å². The molecule has 0 unspecified atom stereocenters. The number of carbonyl (C=O) groups is 1. The second-order valence-electron chi connectivity index (χ2n) is 4.95. The van der Waals surface area contributed by atoms with Crippen molar-refractivity contribution in [3.05, 3.63) is 35.5 Å². The smallest absolute Gasteiger partial charge is 0.341 e. The molecule has 0 saturated carbocycles. The van der Waals surface area contributed by atoms with Crippen LogP contribution in [0.2, 0.25) is 0 Å². The topological polar surface area (TPSA) is 79.4 Å². The maximum absolute atomic E-state index is 11.7. The zero-order chi connectivity index (χ0) is 16.1. The van der Waals surface area contributed by atoms with E-state index < -0.39 is 5.97 Å². The molecule has 6 nitrogen and oxygen atoms in total. The Labute approximate surface area is 129 Å². The van der Waals surface area contributed by atoms with Crippen molar-refractivity contribution in [1.82, 2.24) is 9.78 Å². The fraction of sp³-hybridized carbons (Fsp3) is 0.375. The van der Waals surface area contributed by atoms with Gasteiger partial charge in [-0.15, -0.1) is 0 Å². The molecule has 0 atom stereocenters. The van der Waals surface area contributed by atoms with Crippen LogP contribution in [-0.4, -0.2) is 30.0 Å². The van der Waals surface area contributed by atoms with Crippen LogP contribution in [0.3, 0.4) is 0 Å². The average Bonchev–Trinajstić information content (AvgIpc) is 2.92. The molecule has 0 saturated heterocycles. The van der Waals surface area contributed by atoms with Crippen LogP contribution in [0.1, 0.15) is 35.8 Å². The third-order valence-electron chi connectivity index (χ3n) is 3.41. The summed E-state index contributed by atoms with van der Waals surface area (Å²) in [6.45, 7) is 2.14. The summed E-state index contributed by atoms with van der Waals surface area (Å²) in [5, 5.41) is 4.51. The molecule has 2 aromatic rings. The van der Waals surface area contributed by atoms with Gasteiger partial charge in [0.15, 0.2) is 0 Å². The average molecular weight is 303 g/mol. The number of benzene rings is 1. The number of unbranched alkanes of at least 4 members (excludes halogenated alkanes) is 1. The molecular formula is C16H21N3O3. The van der Waals surface area contributed by atoms with Crippen molar-refractivity contribution in [3.63, 3.8) is 0 Å². The van der Waals surface area contributed by atoms with E-state index in [2.05, 4.69) is 12.0 Å². The number of anilines is 1. The highest BCUT2D eigenvalue weighted by molar-refractivity contribution is 5.92. The maximum Gasteiger partial charge on any atom is 0.341 e. The molecule has 0 bridgehead atoms. The molecule has 6 heteroatoms. The van der Waals surface area contributed by atoms with Gasteiger partial charge in [0.05, 0.1) is 25.6 Å². The lowest BCUT2D eigenvalue weighted by Gasteiger charge is -2.10. The zero-order valence-corrected chi connectivity index (χ0v) is 13.1. The standard InChI is InChI=1S/C16H21N3O3/c1-4-5-6-11-9-15(17)19(18-11)12-7-8-13(16(20)22-3)14(10-12)21-2/h7-10H,4-6,17H2,1-3H3. The number of nitrogens with zero attached hydrogens (tertiary/aromatic N) is 2. The van der Waals surface area contributed by atoms with Crippen LogP contribution in [0.5, 0.6) is 5.75 Å². The summed E-state index contributed by atoms with van der Waals surface area (Å²) in [7, 11) is 2.84. The summed E-state index contributed by atoms with van der Waals surface area (Å²) in [5.74, 6) is 0.536. The molecule has 22 heavy (non-hydrogen) atoms. The molecular weight excluding hydrogens is 282 g/mol. The van der Waals surface area contributed by atoms with E-state index in [4.69, 9.17) is 15.2 Å². The van der Waals surface area contributed by atoms with Crippen molar-refractivity contribution in [1.29, 1.82) is 0 Å². The van der Waals surface area contributed by atoms with E-state index in [9.17, 15) is 4.79 Å². The van der Waals surface area contributed by atoms with Gasteiger partial charge < -0.3 is 15.2 Å². The van der Waals surface area contributed by atoms with Gasteiger partial charge in [-0.05, 0) is 25.0 Å². The lowest BCUT2D eigenvalue weighted by atomic mass is 10.2. The van der Waals surface area contributed by atoms with Crippen LogP contribution in [0.15, 0.2) is 24.3 Å². The molecule has 0 radical (unpaired) electrons. The first kappa shape index (κ1) is 15.9. The molecule has 0 fully saturated rings. The highest BCUT2D eigenvalue weighted by atomic mass is 16.5. The Balaban J connectivity index is 2.37. The van der Waals surface area contributed by atoms with Crippen molar-refractivity contribution >= 4 is 11.8 Å². The van der Waals surface area contributed by atoms with Crippen molar-refractivity contribution < 1.29 is 14.3 Å². The van der Waals surface area contributed by atoms with Crippen LogP contribution in [0.4, 0.5) is 5.82 Å². The van der Waals surface area contributed by atoms with Crippen molar-refractivity contribution in [2.75, 3.05) is 20.0 Å². The van der Waals surface area contributed by atoms with Crippen molar-refractivity contribution in [3.8, 4) is 11.4 Å².